The van der Waals surface area contributed by atoms with Gasteiger partial charge in [-0.2, -0.15) is 0 Å². The largest absolute Gasteiger partial charge is 0.374 e. The Labute approximate surface area is 131 Å². The topological polar surface area (TPSA) is 75.5 Å². The van der Waals surface area contributed by atoms with Crippen LogP contribution in [0, 0.1) is 10.1 Å². The summed E-state index contributed by atoms with van der Waals surface area (Å²) >= 11 is 3.23. The molecule has 1 fully saturated rings. The van der Waals surface area contributed by atoms with Crippen molar-refractivity contribution in [2.75, 3.05) is 11.9 Å². The van der Waals surface area contributed by atoms with Crippen LogP contribution in [0.5, 0.6) is 0 Å². The Hall–Kier alpha value is -1.63. The molecule has 6 nitrogen and oxygen atoms in total. The third kappa shape index (κ3) is 3.53. The molecule has 0 bridgehead atoms. The number of rotatable bonds is 3. The van der Waals surface area contributed by atoms with Crippen LogP contribution in [0.4, 0.5) is 11.4 Å². The molecule has 1 aliphatic heterocycles. The quantitative estimate of drug-likeness (QED) is 0.667. The van der Waals surface area contributed by atoms with E-state index in [0.717, 1.165) is 0 Å². The number of halogens is 1. The molecule has 21 heavy (non-hydrogen) atoms. The van der Waals surface area contributed by atoms with Gasteiger partial charge in [-0.3, -0.25) is 14.9 Å². The van der Waals surface area contributed by atoms with Gasteiger partial charge < -0.3 is 10.2 Å². The summed E-state index contributed by atoms with van der Waals surface area (Å²) in [5, 5.41) is 14.2. The predicted molar refractivity (Wildman–Crippen MR) is 84.3 cm³/mol. The summed E-state index contributed by atoms with van der Waals surface area (Å²) < 4.78 is 0.651. The van der Waals surface area contributed by atoms with Crippen molar-refractivity contribution in [3.63, 3.8) is 0 Å². The number of carbonyl (C=O) groups is 1. The smallest absolute Gasteiger partial charge is 0.293 e. The summed E-state index contributed by atoms with van der Waals surface area (Å²) in [6, 6.07) is 4.75. The molecule has 1 heterocycles. The Balaban J connectivity index is 2.17. The zero-order valence-electron chi connectivity index (χ0n) is 12.2. The minimum absolute atomic E-state index is 0.00559. The van der Waals surface area contributed by atoms with E-state index in [4.69, 9.17) is 0 Å². The van der Waals surface area contributed by atoms with Crippen molar-refractivity contribution in [1.82, 2.24) is 4.90 Å². The monoisotopic (exact) mass is 355 g/mol. The SMILES string of the molecule is CC(C)(C)N1CC(Nc2ccc(Br)cc2[N+](=O)[O-])CC1=O. The first-order valence-corrected chi connectivity index (χ1v) is 7.49. The number of benzene rings is 1. The van der Waals surface area contributed by atoms with Gasteiger partial charge in [-0.1, -0.05) is 15.9 Å². The number of anilines is 1. The maximum Gasteiger partial charge on any atom is 0.293 e. The fraction of sp³-hybridized carbons (Fsp3) is 0.500. The number of nitro benzene ring substituents is 1. The molecule has 1 aliphatic rings. The Bertz CT molecular complexity index is 583. The maximum absolute atomic E-state index is 12.0. The third-order valence-corrected chi connectivity index (χ3v) is 3.94. The van der Waals surface area contributed by atoms with Gasteiger partial charge in [0.25, 0.3) is 5.69 Å². The molecule has 7 heteroatoms. The van der Waals surface area contributed by atoms with Crippen LogP contribution in [-0.2, 0) is 4.79 Å². The summed E-state index contributed by atoms with van der Waals surface area (Å²) in [6.45, 7) is 6.50. The lowest BCUT2D eigenvalue weighted by Gasteiger charge is -2.32. The molecular formula is C14H18BrN3O3. The molecule has 114 valence electrons. The van der Waals surface area contributed by atoms with Gasteiger partial charge in [-0.25, -0.2) is 0 Å². The number of hydrogen-bond acceptors (Lipinski definition) is 4. The van der Waals surface area contributed by atoms with Crippen molar-refractivity contribution in [2.24, 2.45) is 0 Å². The van der Waals surface area contributed by atoms with E-state index in [9.17, 15) is 14.9 Å². The van der Waals surface area contributed by atoms with Crippen LogP contribution in [-0.4, -0.2) is 33.9 Å². The van der Waals surface area contributed by atoms with Crippen LogP contribution in [0.1, 0.15) is 27.2 Å². The number of carbonyl (C=O) groups excluding carboxylic acids is 1. The van der Waals surface area contributed by atoms with E-state index < -0.39 is 4.92 Å². The van der Waals surface area contributed by atoms with Gasteiger partial charge in [0.1, 0.15) is 5.69 Å². The second-order valence-electron chi connectivity index (χ2n) is 6.14. The lowest BCUT2D eigenvalue weighted by Crippen LogP contribution is -2.43. The molecule has 1 unspecified atom stereocenters. The maximum atomic E-state index is 12.0. The number of nitrogens with zero attached hydrogens (tertiary/aromatic N) is 2. The van der Waals surface area contributed by atoms with Gasteiger partial charge in [0.15, 0.2) is 0 Å². The molecule has 0 aromatic heterocycles. The first kappa shape index (κ1) is 15.8. The van der Waals surface area contributed by atoms with Crippen LogP contribution < -0.4 is 5.32 Å². The molecule has 1 saturated heterocycles. The second-order valence-corrected chi connectivity index (χ2v) is 7.05. The van der Waals surface area contributed by atoms with Crippen LogP contribution in [0.25, 0.3) is 0 Å². The Kier molecular flexibility index (Phi) is 4.22. The average Bonchev–Trinajstić information content (AvgIpc) is 2.72. The average molecular weight is 356 g/mol. The highest BCUT2D eigenvalue weighted by Gasteiger charge is 2.36. The molecule has 2 rings (SSSR count). The molecule has 1 amide bonds. The standard InChI is InChI=1S/C14H18BrN3O3/c1-14(2,3)17-8-10(7-13(17)19)16-11-5-4-9(15)6-12(11)18(20)21/h4-6,10,16H,7-8H2,1-3H3. The van der Waals surface area contributed by atoms with E-state index in [1.165, 1.54) is 6.07 Å². The highest BCUT2D eigenvalue weighted by molar-refractivity contribution is 9.10. The van der Waals surface area contributed by atoms with Crippen molar-refractivity contribution >= 4 is 33.2 Å². The first-order chi connectivity index (χ1) is 9.68. The van der Waals surface area contributed by atoms with Crippen LogP contribution >= 0.6 is 15.9 Å². The van der Waals surface area contributed by atoms with Gasteiger partial charge in [-0.05, 0) is 32.9 Å². The van der Waals surface area contributed by atoms with Gasteiger partial charge >= 0.3 is 0 Å². The minimum Gasteiger partial charge on any atom is -0.374 e. The number of nitro groups is 1. The predicted octanol–water partition coefficient (Wildman–Crippen LogP) is 3.17. The normalized spacial score (nSPS) is 19.0. The first-order valence-electron chi connectivity index (χ1n) is 6.69. The summed E-state index contributed by atoms with van der Waals surface area (Å²) in [5.74, 6) is 0.0692. The molecule has 1 aromatic rings. The van der Waals surface area contributed by atoms with Gasteiger partial charge in [-0.15, -0.1) is 0 Å². The van der Waals surface area contributed by atoms with E-state index in [0.29, 0.717) is 23.1 Å². The highest BCUT2D eigenvalue weighted by Crippen LogP contribution is 2.31. The Morgan fingerprint density at radius 1 is 1.43 bits per heavy atom. The van der Waals surface area contributed by atoms with Crippen LogP contribution in [0.15, 0.2) is 22.7 Å². The highest BCUT2D eigenvalue weighted by atomic mass is 79.9. The van der Waals surface area contributed by atoms with E-state index >= 15 is 0 Å². The lowest BCUT2D eigenvalue weighted by atomic mass is 10.1. The molecule has 0 aliphatic carbocycles. The molecule has 1 N–H and O–H groups in total. The zero-order chi connectivity index (χ0) is 15.8. The van der Waals surface area contributed by atoms with Crippen molar-refractivity contribution in [3.05, 3.63) is 32.8 Å². The van der Waals surface area contributed by atoms with Gasteiger partial charge in [0.2, 0.25) is 5.91 Å². The number of nitrogens with one attached hydrogen (secondary N) is 1. The van der Waals surface area contributed by atoms with E-state index in [1.807, 2.05) is 20.8 Å². The fourth-order valence-corrected chi connectivity index (χ4v) is 2.80. The van der Waals surface area contributed by atoms with Gasteiger partial charge in [0, 0.05) is 29.0 Å². The fourth-order valence-electron chi connectivity index (χ4n) is 2.45. The number of amides is 1. The van der Waals surface area contributed by atoms with E-state index in [-0.39, 0.29) is 23.2 Å². The molecule has 1 atom stereocenters. The van der Waals surface area contributed by atoms with Crippen LogP contribution in [0.2, 0.25) is 0 Å². The summed E-state index contributed by atoms with van der Waals surface area (Å²) in [4.78, 5) is 24.5. The summed E-state index contributed by atoms with van der Waals surface area (Å²) in [5.41, 5.74) is 0.210. The molecule has 0 spiro atoms. The van der Waals surface area contributed by atoms with Crippen molar-refractivity contribution in [1.29, 1.82) is 0 Å². The Morgan fingerprint density at radius 2 is 2.10 bits per heavy atom. The Morgan fingerprint density at radius 3 is 2.62 bits per heavy atom. The third-order valence-electron chi connectivity index (χ3n) is 3.45. The van der Waals surface area contributed by atoms with E-state index in [1.54, 1.807) is 17.0 Å². The molecular weight excluding hydrogens is 338 g/mol. The second kappa shape index (κ2) is 5.63. The molecule has 0 saturated carbocycles. The van der Waals surface area contributed by atoms with Crippen LogP contribution in [0.3, 0.4) is 0 Å². The summed E-state index contributed by atoms with van der Waals surface area (Å²) in [7, 11) is 0. The number of likely N-dealkylation sites (tertiary alicyclic amines) is 1. The van der Waals surface area contributed by atoms with Crippen molar-refractivity contribution in [3.8, 4) is 0 Å². The minimum atomic E-state index is -0.425. The van der Waals surface area contributed by atoms with Gasteiger partial charge in [0.05, 0.1) is 11.0 Å². The van der Waals surface area contributed by atoms with Crippen molar-refractivity contribution < 1.29 is 9.72 Å². The zero-order valence-corrected chi connectivity index (χ0v) is 13.8. The lowest BCUT2D eigenvalue weighted by molar-refractivity contribution is -0.384. The molecule has 0 radical (unpaired) electrons. The van der Waals surface area contributed by atoms with E-state index in [2.05, 4.69) is 21.2 Å². The summed E-state index contributed by atoms with van der Waals surface area (Å²) in [6.07, 6.45) is 0.352. The van der Waals surface area contributed by atoms with Crippen molar-refractivity contribution in [2.45, 2.75) is 38.8 Å². The molecule has 1 aromatic carbocycles. The number of hydrogen-bond donors (Lipinski definition) is 1.